The van der Waals surface area contributed by atoms with Gasteiger partial charge >= 0.3 is 0 Å². The van der Waals surface area contributed by atoms with Crippen LogP contribution in [0.2, 0.25) is 0 Å². The minimum Gasteiger partial charge on any atom is -0.271 e. The minimum atomic E-state index is -3.13. The van der Waals surface area contributed by atoms with Gasteiger partial charge in [0.1, 0.15) is 0 Å². The Labute approximate surface area is 115 Å². The fraction of sp³-hybridized carbons (Fsp3) is 0.750. The van der Waals surface area contributed by atoms with E-state index in [1.54, 1.807) is 6.92 Å². The second-order valence-electron chi connectivity index (χ2n) is 5.06. The number of hydrogen-bond acceptors (Lipinski definition) is 5. The molecule has 7 heteroatoms. The molecule has 0 saturated heterocycles. The van der Waals surface area contributed by atoms with Gasteiger partial charge in [-0.3, -0.25) is 16.0 Å². The molecule has 1 aromatic heterocycles. The van der Waals surface area contributed by atoms with Crippen molar-refractivity contribution in [2.75, 3.05) is 6.26 Å². The largest absolute Gasteiger partial charge is 0.271 e. The third kappa shape index (κ3) is 4.29. The van der Waals surface area contributed by atoms with E-state index in [2.05, 4.69) is 24.4 Å². The molecule has 110 valence electrons. The van der Waals surface area contributed by atoms with Crippen LogP contribution in [0.25, 0.3) is 0 Å². The summed E-state index contributed by atoms with van der Waals surface area (Å²) in [4.78, 5) is 0. The summed E-state index contributed by atoms with van der Waals surface area (Å²) < 4.78 is 25.0. The number of sulfone groups is 1. The monoisotopic (exact) mass is 288 g/mol. The maximum absolute atomic E-state index is 11.6. The molecule has 1 rings (SSSR count). The molecule has 1 heterocycles. The highest BCUT2D eigenvalue weighted by Crippen LogP contribution is 2.13. The van der Waals surface area contributed by atoms with Crippen LogP contribution in [-0.2, 0) is 16.3 Å². The highest BCUT2D eigenvalue weighted by molar-refractivity contribution is 7.91. The fourth-order valence-electron chi connectivity index (χ4n) is 1.80. The highest BCUT2D eigenvalue weighted by atomic mass is 32.2. The predicted octanol–water partition coefficient (Wildman–Crippen LogP) is 0.662. The van der Waals surface area contributed by atoms with E-state index in [1.165, 1.54) is 6.26 Å². The van der Waals surface area contributed by atoms with E-state index in [-0.39, 0.29) is 6.04 Å². The quantitative estimate of drug-likeness (QED) is 0.568. The zero-order chi connectivity index (χ0) is 14.6. The van der Waals surface area contributed by atoms with Crippen LogP contribution in [0.4, 0.5) is 0 Å². The van der Waals surface area contributed by atoms with E-state index in [0.29, 0.717) is 12.5 Å². The number of nitrogens with one attached hydrogen (secondary N) is 1. The second kappa shape index (κ2) is 6.49. The van der Waals surface area contributed by atoms with Gasteiger partial charge < -0.3 is 0 Å². The van der Waals surface area contributed by atoms with Crippen LogP contribution in [0.1, 0.15) is 38.9 Å². The molecule has 3 atom stereocenters. The maximum atomic E-state index is 11.6. The Morgan fingerprint density at radius 3 is 2.58 bits per heavy atom. The SMILES string of the molecule is CCC(C)n1ccc(CC(NN)C(C)S(C)(=O)=O)n1. The Hall–Kier alpha value is -0.920. The first-order valence-corrected chi connectivity index (χ1v) is 8.44. The second-order valence-corrected chi connectivity index (χ2v) is 7.46. The number of rotatable bonds is 7. The summed E-state index contributed by atoms with van der Waals surface area (Å²) >= 11 is 0. The Kier molecular flexibility index (Phi) is 5.51. The predicted molar refractivity (Wildman–Crippen MR) is 76.3 cm³/mol. The molecule has 0 aromatic carbocycles. The van der Waals surface area contributed by atoms with Gasteiger partial charge in [0.25, 0.3) is 0 Å². The van der Waals surface area contributed by atoms with E-state index in [9.17, 15) is 8.42 Å². The van der Waals surface area contributed by atoms with Crippen LogP contribution in [0.15, 0.2) is 12.3 Å². The molecule has 0 aliphatic carbocycles. The van der Waals surface area contributed by atoms with Crippen LogP contribution in [0, 0.1) is 0 Å². The molecule has 0 saturated carbocycles. The van der Waals surface area contributed by atoms with Crippen molar-refractivity contribution in [1.29, 1.82) is 0 Å². The molecular formula is C12H24N4O2S. The number of aromatic nitrogens is 2. The van der Waals surface area contributed by atoms with Crippen LogP contribution < -0.4 is 11.3 Å². The first-order valence-electron chi connectivity index (χ1n) is 6.48. The van der Waals surface area contributed by atoms with E-state index < -0.39 is 15.1 Å². The van der Waals surface area contributed by atoms with Gasteiger partial charge in [0, 0.05) is 31.0 Å². The molecule has 3 unspecified atom stereocenters. The normalized spacial score (nSPS) is 17.1. The lowest BCUT2D eigenvalue weighted by molar-refractivity contribution is 0.459. The number of nitrogens with zero attached hydrogens (tertiary/aromatic N) is 2. The molecule has 0 bridgehead atoms. The molecule has 0 aliphatic rings. The summed E-state index contributed by atoms with van der Waals surface area (Å²) in [6.45, 7) is 5.85. The third-order valence-electron chi connectivity index (χ3n) is 3.59. The minimum absolute atomic E-state index is 0.338. The molecule has 0 spiro atoms. The third-order valence-corrected chi connectivity index (χ3v) is 5.27. The van der Waals surface area contributed by atoms with Gasteiger partial charge in [-0.05, 0) is 26.3 Å². The van der Waals surface area contributed by atoms with Crippen molar-refractivity contribution in [2.45, 2.75) is 50.9 Å². The first-order chi connectivity index (χ1) is 8.79. The molecule has 3 N–H and O–H groups in total. The van der Waals surface area contributed by atoms with Crippen molar-refractivity contribution in [3.8, 4) is 0 Å². The summed E-state index contributed by atoms with van der Waals surface area (Å²) in [5, 5.41) is 3.91. The van der Waals surface area contributed by atoms with Crippen molar-refractivity contribution >= 4 is 9.84 Å². The van der Waals surface area contributed by atoms with Crippen LogP contribution in [-0.4, -0.2) is 35.7 Å². The molecule has 6 nitrogen and oxygen atoms in total. The Bertz CT molecular complexity index is 498. The van der Waals surface area contributed by atoms with Gasteiger partial charge in [-0.1, -0.05) is 6.92 Å². The van der Waals surface area contributed by atoms with E-state index >= 15 is 0 Å². The lowest BCUT2D eigenvalue weighted by Gasteiger charge is -2.20. The van der Waals surface area contributed by atoms with Crippen LogP contribution >= 0.6 is 0 Å². The van der Waals surface area contributed by atoms with E-state index in [4.69, 9.17) is 5.84 Å². The van der Waals surface area contributed by atoms with E-state index in [0.717, 1.165) is 12.1 Å². The van der Waals surface area contributed by atoms with Gasteiger partial charge in [-0.2, -0.15) is 5.10 Å². The average Bonchev–Trinajstić information content (AvgIpc) is 2.81. The Morgan fingerprint density at radius 2 is 2.11 bits per heavy atom. The molecular weight excluding hydrogens is 264 g/mol. The Balaban J connectivity index is 2.79. The Morgan fingerprint density at radius 1 is 1.47 bits per heavy atom. The molecule has 19 heavy (non-hydrogen) atoms. The highest BCUT2D eigenvalue weighted by Gasteiger charge is 2.26. The molecule has 0 radical (unpaired) electrons. The standard InChI is InChI=1S/C12H24N4O2S/c1-5-9(2)16-7-6-11(15-16)8-12(14-13)10(3)19(4,17)18/h6-7,9-10,12,14H,5,8,13H2,1-4H3. The maximum Gasteiger partial charge on any atom is 0.151 e. The van der Waals surface area contributed by atoms with Crippen molar-refractivity contribution in [2.24, 2.45) is 5.84 Å². The summed E-state index contributed by atoms with van der Waals surface area (Å²) in [6.07, 6.45) is 4.63. The first kappa shape index (κ1) is 16.1. The zero-order valence-electron chi connectivity index (χ0n) is 12.0. The topological polar surface area (TPSA) is 90.0 Å². The van der Waals surface area contributed by atoms with Crippen LogP contribution in [0.5, 0.6) is 0 Å². The summed E-state index contributed by atoms with van der Waals surface area (Å²) in [5.74, 6) is 5.46. The smallest absolute Gasteiger partial charge is 0.151 e. The van der Waals surface area contributed by atoms with Gasteiger partial charge in [0.15, 0.2) is 9.84 Å². The molecule has 0 amide bonds. The summed E-state index contributed by atoms with van der Waals surface area (Å²) in [6, 6.07) is 1.91. The average molecular weight is 288 g/mol. The molecule has 0 fully saturated rings. The van der Waals surface area contributed by atoms with Crippen molar-refractivity contribution in [3.63, 3.8) is 0 Å². The molecule has 1 aromatic rings. The van der Waals surface area contributed by atoms with Crippen molar-refractivity contribution in [3.05, 3.63) is 18.0 Å². The fourth-order valence-corrected chi connectivity index (χ4v) is 2.57. The van der Waals surface area contributed by atoms with Crippen molar-refractivity contribution < 1.29 is 8.42 Å². The van der Waals surface area contributed by atoms with Crippen molar-refractivity contribution in [1.82, 2.24) is 15.2 Å². The number of hydrogen-bond donors (Lipinski definition) is 2. The van der Waals surface area contributed by atoms with E-state index in [1.807, 2.05) is 16.9 Å². The van der Waals surface area contributed by atoms with Gasteiger partial charge in [0.05, 0.1) is 10.9 Å². The summed E-state index contributed by atoms with van der Waals surface area (Å²) in [7, 11) is -3.13. The molecule has 0 aliphatic heterocycles. The van der Waals surface area contributed by atoms with Gasteiger partial charge in [0.2, 0.25) is 0 Å². The summed E-state index contributed by atoms with van der Waals surface area (Å²) in [5.41, 5.74) is 3.43. The lowest BCUT2D eigenvalue weighted by Crippen LogP contribution is -2.47. The van der Waals surface area contributed by atoms with Gasteiger partial charge in [-0.15, -0.1) is 0 Å². The van der Waals surface area contributed by atoms with Crippen LogP contribution in [0.3, 0.4) is 0 Å². The lowest BCUT2D eigenvalue weighted by atomic mass is 10.1. The number of hydrazine groups is 1. The number of nitrogens with two attached hydrogens (primary N) is 1. The van der Waals surface area contributed by atoms with Gasteiger partial charge in [-0.25, -0.2) is 8.42 Å². The zero-order valence-corrected chi connectivity index (χ0v) is 12.8.